The minimum atomic E-state index is -0.413. The van der Waals surface area contributed by atoms with Crippen molar-refractivity contribution in [3.05, 3.63) is 71.8 Å². The molecule has 1 spiro atoms. The molecule has 0 radical (unpaired) electrons. The predicted molar refractivity (Wildman–Crippen MR) is 97.3 cm³/mol. The Bertz CT molecular complexity index is 664. The maximum Gasteiger partial charge on any atom is 0.169 e. The molecule has 3 nitrogen and oxygen atoms in total. The normalized spacial score (nSPS) is 25.3. The van der Waals surface area contributed by atoms with Crippen molar-refractivity contribution in [3.63, 3.8) is 0 Å². The van der Waals surface area contributed by atoms with E-state index in [0.717, 1.165) is 25.7 Å². The summed E-state index contributed by atoms with van der Waals surface area (Å²) in [5.41, 5.74) is 2.50. The van der Waals surface area contributed by atoms with E-state index >= 15 is 0 Å². The third-order valence-electron chi connectivity index (χ3n) is 5.51. The van der Waals surface area contributed by atoms with Crippen LogP contribution in [-0.4, -0.2) is 25.6 Å². The Kier molecular flexibility index (Phi) is 4.89. The van der Waals surface area contributed by atoms with Crippen LogP contribution < -0.4 is 0 Å². The SMILES string of the molecule is c1ccc(COCC2(c3ccccc3)CCCC3(C2)OCCO3)cc1. The second-order valence-electron chi connectivity index (χ2n) is 7.26. The van der Waals surface area contributed by atoms with Crippen LogP contribution in [0.4, 0.5) is 0 Å². The first-order chi connectivity index (χ1) is 12.3. The topological polar surface area (TPSA) is 27.7 Å². The van der Waals surface area contributed by atoms with Gasteiger partial charge in [0.05, 0.1) is 26.4 Å². The molecule has 4 rings (SSSR count). The third-order valence-corrected chi connectivity index (χ3v) is 5.51. The largest absolute Gasteiger partial charge is 0.376 e. The molecular formula is C22H26O3. The lowest BCUT2D eigenvalue weighted by Crippen LogP contribution is -2.47. The molecule has 2 fully saturated rings. The van der Waals surface area contributed by atoms with E-state index < -0.39 is 5.79 Å². The number of ether oxygens (including phenoxy) is 3. The molecule has 1 heterocycles. The molecule has 3 heteroatoms. The van der Waals surface area contributed by atoms with Gasteiger partial charge in [0.15, 0.2) is 5.79 Å². The van der Waals surface area contributed by atoms with E-state index in [1.54, 1.807) is 0 Å². The summed E-state index contributed by atoms with van der Waals surface area (Å²) < 4.78 is 18.3. The van der Waals surface area contributed by atoms with Crippen molar-refractivity contribution < 1.29 is 14.2 Å². The second-order valence-corrected chi connectivity index (χ2v) is 7.26. The van der Waals surface area contributed by atoms with Gasteiger partial charge in [0.2, 0.25) is 0 Å². The number of rotatable bonds is 5. The molecule has 2 aromatic carbocycles. The Morgan fingerprint density at radius 1 is 0.840 bits per heavy atom. The maximum absolute atomic E-state index is 6.21. The Balaban J connectivity index is 1.54. The first-order valence-corrected chi connectivity index (χ1v) is 9.26. The van der Waals surface area contributed by atoms with Gasteiger partial charge in [-0.05, 0) is 24.0 Å². The number of hydrogen-bond acceptors (Lipinski definition) is 3. The maximum atomic E-state index is 6.21. The van der Waals surface area contributed by atoms with Crippen LogP contribution in [0.15, 0.2) is 60.7 Å². The van der Waals surface area contributed by atoms with E-state index in [-0.39, 0.29) is 5.41 Å². The Morgan fingerprint density at radius 3 is 2.24 bits per heavy atom. The summed E-state index contributed by atoms with van der Waals surface area (Å²) in [5.74, 6) is -0.413. The van der Waals surface area contributed by atoms with Crippen LogP contribution in [0.1, 0.15) is 36.8 Å². The average molecular weight is 338 g/mol. The lowest BCUT2D eigenvalue weighted by molar-refractivity contribution is -0.196. The van der Waals surface area contributed by atoms with Gasteiger partial charge in [0.25, 0.3) is 0 Å². The molecule has 132 valence electrons. The smallest absolute Gasteiger partial charge is 0.169 e. The highest BCUT2D eigenvalue weighted by Gasteiger charge is 2.49. The minimum Gasteiger partial charge on any atom is -0.376 e. The molecule has 1 aliphatic carbocycles. The summed E-state index contributed by atoms with van der Waals surface area (Å²) in [6.07, 6.45) is 4.07. The summed E-state index contributed by atoms with van der Waals surface area (Å²) in [5, 5.41) is 0. The van der Waals surface area contributed by atoms with Crippen molar-refractivity contribution in [2.45, 2.75) is 43.5 Å². The van der Waals surface area contributed by atoms with Crippen LogP contribution in [0.2, 0.25) is 0 Å². The highest BCUT2D eigenvalue weighted by atomic mass is 16.7. The van der Waals surface area contributed by atoms with Gasteiger partial charge in [-0.1, -0.05) is 60.7 Å². The van der Waals surface area contributed by atoms with Gasteiger partial charge in [-0.3, -0.25) is 0 Å². The highest BCUT2D eigenvalue weighted by molar-refractivity contribution is 5.27. The molecular weight excluding hydrogens is 312 g/mol. The van der Waals surface area contributed by atoms with Crippen LogP contribution in [0.5, 0.6) is 0 Å². The van der Waals surface area contributed by atoms with Gasteiger partial charge < -0.3 is 14.2 Å². The Morgan fingerprint density at radius 2 is 1.52 bits per heavy atom. The summed E-state index contributed by atoms with van der Waals surface area (Å²) in [7, 11) is 0. The van der Waals surface area contributed by atoms with Crippen molar-refractivity contribution in [1.29, 1.82) is 0 Å². The zero-order valence-corrected chi connectivity index (χ0v) is 14.7. The first kappa shape index (κ1) is 16.8. The molecule has 0 N–H and O–H groups in total. The quantitative estimate of drug-likeness (QED) is 0.806. The number of benzene rings is 2. The molecule has 25 heavy (non-hydrogen) atoms. The monoisotopic (exact) mass is 338 g/mol. The van der Waals surface area contributed by atoms with Crippen LogP contribution >= 0.6 is 0 Å². The van der Waals surface area contributed by atoms with Crippen LogP contribution in [0.3, 0.4) is 0 Å². The van der Waals surface area contributed by atoms with E-state index in [1.165, 1.54) is 11.1 Å². The molecule has 1 unspecified atom stereocenters. The lowest BCUT2D eigenvalue weighted by Gasteiger charge is -2.45. The molecule has 0 bridgehead atoms. The van der Waals surface area contributed by atoms with Crippen molar-refractivity contribution >= 4 is 0 Å². The standard InChI is InChI=1S/C22H26O3/c1-3-8-19(9-4-1)16-23-18-21(20-10-5-2-6-11-20)12-7-13-22(17-21)24-14-15-25-22/h1-6,8-11H,7,12-18H2. The van der Waals surface area contributed by atoms with Crippen LogP contribution in [-0.2, 0) is 26.2 Å². The summed E-state index contributed by atoms with van der Waals surface area (Å²) in [6, 6.07) is 21.1. The molecule has 0 aromatic heterocycles. The fourth-order valence-corrected chi connectivity index (χ4v) is 4.31. The second kappa shape index (κ2) is 7.28. The van der Waals surface area contributed by atoms with Gasteiger partial charge in [-0.25, -0.2) is 0 Å². The minimum absolute atomic E-state index is 0.0430. The lowest BCUT2D eigenvalue weighted by atomic mass is 9.67. The van der Waals surface area contributed by atoms with E-state index in [0.29, 0.717) is 26.4 Å². The van der Waals surface area contributed by atoms with Crippen LogP contribution in [0.25, 0.3) is 0 Å². The average Bonchev–Trinajstić information content (AvgIpc) is 3.11. The van der Waals surface area contributed by atoms with Crippen molar-refractivity contribution in [2.75, 3.05) is 19.8 Å². The fraction of sp³-hybridized carbons (Fsp3) is 0.455. The van der Waals surface area contributed by atoms with E-state index in [4.69, 9.17) is 14.2 Å². The fourth-order valence-electron chi connectivity index (χ4n) is 4.31. The van der Waals surface area contributed by atoms with Gasteiger partial charge in [0, 0.05) is 18.3 Å². The van der Waals surface area contributed by atoms with Crippen LogP contribution in [0, 0.1) is 0 Å². The zero-order chi connectivity index (χ0) is 17.0. The highest BCUT2D eigenvalue weighted by Crippen LogP contribution is 2.47. The van der Waals surface area contributed by atoms with E-state index in [1.807, 2.05) is 6.07 Å². The molecule has 0 amide bonds. The molecule has 1 aliphatic heterocycles. The van der Waals surface area contributed by atoms with E-state index in [2.05, 4.69) is 54.6 Å². The molecule has 2 aliphatic rings. The van der Waals surface area contributed by atoms with Gasteiger partial charge >= 0.3 is 0 Å². The molecule has 1 saturated heterocycles. The Labute approximate surface area is 149 Å². The first-order valence-electron chi connectivity index (χ1n) is 9.26. The summed E-state index contributed by atoms with van der Waals surface area (Å²) in [4.78, 5) is 0. The summed E-state index contributed by atoms with van der Waals surface area (Å²) >= 11 is 0. The van der Waals surface area contributed by atoms with E-state index in [9.17, 15) is 0 Å². The third kappa shape index (κ3) is 3.64. The Hall–Kier alpha value is -1.68. The molecule has 2 aromatic rings. The van der Waals surface area contributed by atoms with Crippen molar-refractivity contribution in [1.82, 2.24) is 0 Å². The van der Waals surface area contributed by atoms with Gasteiger partial charge in [-0.15, -0.1) is 0 Å². The zero-order valence-electron chi connectivity index (χ0n) is 14.7. The van der Waals surface area contributed by atoms with Gasteiger partial charge in [0.1, 0.15) is 0 Å². The number of hydrogen-bond donors (Lipinski definition) is 0. The predicted octanol–water partition coefficient (Wildman–Crippen LogP) is 4.46. The molecule has 1 saturated carbocycles. The van der Waals surface area contributed by atoms with Crippen molar-refractivity contribution in [3.8, 4) is 0 Å². The molecule has 1 atom stereocenters. The van der Waals surface area contributed by atoms with Gasteiger partial charge in [-0.2, -0.15) is 0 Å². The van der Waals surface area contributed by atoms with Crippen molar-refractivity contribution in [2.24, 2.45) is 0 Å². The summed E-state index contributed by atoms with van der Waals surface area (Å²) in [6.45, 7) is 2.75.